The smallest absolute Gasteiger partial charge is 0.273 e. The van der Waals surface area contributed by atoms with E-state index in [0.29, 0.717) is 13.0 Å². The van der Waals surface area contributed by atoms with Crippen molar-refractivity contribution in [1.29, 1.82) is 0 Å². The Morgan fingerprint density at radius 1 is 1.35 bits per heavy atom. The maximum Gasteiger partial charge on any atom is 0.273 e. The topological polar surface area (TPSA) is 98.5 Å². The van der Waals surface area contributed by atoms with Crippen LogP contribution in [0.2, 0.25) is 0 Å². The molecule has 0 radical (unpaired) electrons. The van der Waals surface area contributed by atoms with Crippen LogP contribution in [0, 0.1) is 10.1 Å². The molecule has 0 fully saturated rings. The predicted octanol–water partition coefficient (Wildman–Crippen LogP) is 2.77. The molecule has 1 aliphatic rings. The molecule has 1 aliphatic carbocycles. The van der Waals surface area contributed by atoms with Crippen LogP contribution in [0.15, 0.2) is 34.7 Å². The van der Waals surface area contributed by atoms with E-state index in [-0.39, 0.29) is 16.3 Å². The highest BCUT2D eigenvalue weighted by Crippen LogP contribution is 2.28. The van der Waals surface area contributed by atoms with Gasteiger partial charge in [0.15, 0.2) is 0 Å². The summed E-state index contributed by atoms with van der Waals surface area (Å²) in [5.41, 5.74) is 1.06. The summed E-state index contributed by atoms with van der Waals surface area (Å²) in [4.78, 5) is 10.1. The van der Waals surface area contributed by atoms with Gasteiger partial charge in [0.2, 0.25) is 10.0 Å². The van der Waals surface area contributed by atoms with Crippen molar-refractivity contribution in [2.75, 3.05) is 13.7 Å². The molecule has 0 aromatic heterocycles. The summed E-state index contributed by atoms with van der Waals surface area (Å²) in [6, 6.07) is 3.46. The van der Waals surface area contributed by atoms with E-state index in [2.05, 4.69) is 10.8 Å². The minimum absolute atomic E-state index is 0.0384. The lowest BCUT2D eigenvalue weighted by atomic mass is 9.97. The Morgan fingerprint density at radius 2 is 2.13 bits per heavy atom. The number of benzene rings is 1. The van der Waals surface area contributed by atoms with E-state index in [1.807, 2.05) is 0 Å². The molecular formula is C15H20N2O5S. The predicted molar refractivity (Wildman–Crippen MR) is 86.0 cm³/mol. The highest BCUT2D eigenvalue weighted by atomic mass is 32.2. The fourth-order valence-electron chi connectivity index (χ4n) is 2.55. The zero-order valence-electron chi connectivity index (χ0n) is 12.9. The van der Waals surface area contributed by atoms with Gasteiger partial charge in [-0.1, -0.05) is 11.6 Å². The van der Waals surface area contributed by atoms with Crippen molar-refractivity contribution in [3.63, 3.8) is 0 Å². The van der Waals surface area contributed by atoms with Gasteiger partial charge in [-0.2, -0.15) is 0 Å². The van der Waals surface area contributed by atoms with Crippen LogP contribution in [0.4, 0.5) is 5.69 Å². The SMILES string of the molecule is COc1cc([N+](=O)[O-])ccc1S(=O)(=O)NCCC1=CCCCC1. The lowest BCUT2D eigenvalue weighted by molar-refractivity contribution is -0.385. The molecule has 23 heavy (non-hydrogen) atoms. The monoisotopic (exact) mass is 340 g/mol. The third-order valence-corrected chi connectivity index (χ3v) is 5.27. The van der Waals surface area contributed by atoms with Crippen LogP contribution in [0.3, 0.4) is 0 Å². The first-order valence-corrected chi connectivity index (χ1v) is 8.92. The first-order valence-electron chi connectivity index (χ1n) is 7.44. The first kappa shape index (κ1) is 17.4. The highest BCUT2D eigenvalue weighted by molar-refractivity contribution is 7.89. The third-order valence-electron chi connectivity index (χ3n) is 3.77. The van der Waals surface area contributed by atoms with Crippen LogP contribution < -0.4 is 9.46 Å². The molecule has 0 saturated heterocycles. The zero-order valence-corrected chi connectivity index (χ0v) is 13.8. The Hall–Kier alpha value is -1.93. The normalized spacial score (nSPS) is 15.1. The molecule has 126 valence electrons. The van der Waals surface area contributed by atoms with Gasteiger partial charge in [-0.25, -0.2) is 13.1 Å². The van der Waals surface area contributed by atoms with E-state index >= 15 is 0 Å². The van der Waals surface area contributed by atoms with E-state index in [1.165, 1.54) is 25.2 Å². The van der Waals surface area contributed by atoms with E-state index in [4.69, 9.17) is 4.74 Å². The zero-order chi connectivity index (χ0) is 16.9. The van der Waals surface area contributed by atoms with Crippen molar-refractivity contribution in [3.8, 4) is 5.75 Å². The van der Waals surface area contributed by atoms with E-state index in [1.54, 1.807) is 0 Å². The third kappa shape index (κ3) is 4.52. The second-order valence-corrected chi connectivity index (χ2v) is 7.08. The van der Waals surface area contributed by atoms with E-state index < -0.39 is 14.9 Å². The van der Waals surface area contributed by atoms with Gasteiger partial charge in [0, 0.05) is 12.6 Å². The number of non-ortho nitro benzene ring substituents is 1. The van der Waals surface area contributed by atoms with Gasteiger partial charge in [-0.05, 0) is 38.2 Å². The van der Waals surface area contributed by atoms with Crippen molar-refractivity contribution >= 4 is 15.7 Å². The maximum absolute atomic E-state index is 12.4. The largest absolute Gasteiger partial charge is 0.495 e. The minimum Gasteiger partial charge on any atom is -0.495 e. The average molecular weight is 340 g/mol. The highest BCUT2D eigenvalue weighted by Gasteiger charge is 2.22. The minimum atomic E-state index is -3.77. The van der Waals surface area contributed by atoms with Crippen LogP contribution in [0.25, 0.3) is 0 Å². The molecule has 1 aromatic carbocycles. The number of nitro benzene ring substituents is 1. The summed E-state index contributed by atoms with van der Waals surface area (Å²) in [5.74, 6) is -0.0384. The van der Waals surface area contributed by atoms with E-state index in [9.17, 15) is 18.5 Å². The van der Waals surface area contributed by atoms with Crippen LogP contribution in [-0.2, 0) is 10.0 Å². The van der Waals surface area contributed by atoms with Crippen molar-refractivity contribution in [2.24, 2.45) is 0 Å². The molecule has 8 heteroatoms. The number of nitro groups is 1. The Labute approximate surface area is 135 Å². The number of sulfonamides is 1. The van der Waals surface area contributed by atoms with Crippen LogP contribution >= 0.6 is 0 Å². The number of nitrogens with one attached hydrogen (secondary N) is 1. The summed E-state index contributed by atoms with van der Waals surface area (Å²) >= 11 is 0. The lowest BCUT2D eigenvalue weighted by Crippen LogP contribution is -2.25. The molecule has 7 nitrogen and oxygen atoms in total. The molecule has 0 heterocycles. The van der Waals surface area contributed by atoms with Gasteiger partial charge in [0.05, 0.1) is 18.1 Å². The molecule has 0 unspecified atom stereocenters. The Balaban J connectivity index is 2.09. The van der Waals surface area contributed by atoms with Gasteiger partial charge in [0.1, 0.15) is 10.6 Å². The molecule has 0 atom stereocenters. The molecule has 1 N–H and O–H groups in total. The number of nitrogens with zero attached hydrogens (tertiary/aromatic N) is 1. The Morgan fingerprint density at radius 3 is 2.74 bits per heavy atom. The summed E-state index contributed by atoms with van der Waals surface area (Å²) in [6.07, 6.45) is 7.25. The van der Waals surface area contributed by atoms with Crippen molar-refractivity contribution in [2.45, 2.75) is 37.0 Å². The van der Waals surface area contributed by atoms with Crippen molar-refractivity contribution in [3.05, 3.63) is 40.0 Å². The van der Waals surface area contributed by atoms with Crippen LogP contribution in [-0.4, -0.2) is 27.0 Å². The summed E-state index contributed by atoms with van der Waals surface area (Å²) in [6.45, 7) is 0.300. The number of ether oxygens (including phenoxy) is 1. The number of hydrogen-bond donors (Lipinski definition) is 1. The number of methoxy groups -OCH3 is 1. The van der Waals surface area contributed by atoms with E-state index in [0.717, 1.165) is 31.4 Å². The van der Waals surface area contributed by atoms with Crippen LogP contribution in [0.1, 0.15) is 32.1 Å². The molecule has 0 spiro atoms. The molecule has 1 aromatic rings. The molecular weight excluding hydrogens is 320 g/mol. The second-order valence-electron chi connectivity index (χ2n) is 5.35. The fourth-order valence-corrected chi connectivity index (χ4v) is 3.73. The maximum atomic E-state index is 12.4. The number of rotatable bonds is 7. The number of allylic oxidation sites excluding steroid dienone is 1. The molecule has 2 rings (SSSR count). The average Bonchev–Trinajstić information content (AvgIpc) is 2.55. The van der Waals surface area contributed by atoms with Gasteiger partial charge >= 0.3 is 0 Å². The van der Waals surface area contributed by atoms with Crippen LogP contribution in [0.5, 0.6) is 5.75 Å². The van der Waals surface area contributed by atoms with Gasteiger partial charge in [-0.15, -0.1) is 0 Å². The summed E-state index contributed by atoms with van der Waals surface area (Å²) in [5, 5.41) is 10.8. The fraction of sp³-hybridized carbons (Fsp3) is 0.467. The molecule has 0 amide bonds. The van der Waals surface area contributed by atoms with Gasteiger partial charge in [-0.3, -0.25) is 10.1 Å². The molecule has 0 bridgehead atoms. The van der Waals surface area contributed by atoms with Gasteiger partial charge < -0.3 is 4.74 Å². The Bertz CT molecular complexity index is 713. The molecule has 0 aliphatic heterocycles. The molecule has 0 saturated carbocycles. The van der Waals surface area contributed by atoms with Gasteiger partial charge in [0.25, 0.3) is 5.69 Å². The summed E-state index contributed by atoms with van der Waals surface area (Å²) in [7, 11) is -2.49. The quantitative estimate of drug-likeness (QED) is 0.467. The number of hydrogen-bond acceptors (Lipinski definition) is 5. The lowest BCUT2D eigenvalue weighted by Gasteiger charge is -2.14. The van der Waals surface area contributed by atoms with Crippen molar-refractivity contribution in [1.82, 2.24) is 4.72 Å². The summed E-state index contributed by atoms with van der Waals surface area (Å²) < 4.78 is 32.2. The van der Waals surface area contributed by atoms with Crippen molar-refractivity contribution < 1.29 is 18.1 Å². The first-order chi connectivity index (χ1) is 10.9. The second kappa shape index (κ2) is 7.56. The standard InChI is InChI=1S/C15H20N2O5S/c1-22-14-11-13(17(18)19)7-8-15(14)23(20,21)16-10-9-12-5-3-2-4-6-12/h5,7-8,11,16H,2-4,6,9-10H2,1H3. The Kier molecular flexibility index (Phi) is 5.73.